The Morgan fingerprint density at radius 2 is 1.90 bits per heavy atom. The number of piperidine rings is 1. The van der Waals surface area contributed by atoms with Crippen molar-refractivity contribution < 1.29 is 14.7 Å². The molecule has 0 bridgehead atoms. The second kappa shape index (κ2) is 5.74. The van der Waals surface area contributed by atoms with Gasteiger partial charge in [0.25, 0.3) is 0 Å². The Balaban J connectivity index is 1.82. The lowest BCUT2D eigenvalue weighted by Crippen LogP contribution is -2.40. The van der Waals surface area contributed by atoms with Gasteiger partial charge in [-0.1, -0.05) is 27.2 Å². The van der Waals surface area contributed by atoms with Gasteiger partial charge in [0.15, 0.2) is 0 Å². The van der Waals surface area contributed by atoms with E-state index in [1.165, 1.54) is 0 Å². The normalized spacial score (nSPS) is 25.8. The average molecular weight is 281 g/mol. The van der Waals surface area contributed by atoms with Gasteiger partial charge in [0.2, 0.25) is 5.91 Å². The quantitative estimate of drug-likeness (QED) is 0.843. The standard InChI is InChI=1S/C16H27NO3/c1-4-12(11(2)3)9-14(18)17-7-5-16(6-8-17)10-13(16)15(19)20/h11-13H,4-10H2,1-3H3,(H,19,20). The third-order valence-electron chi connectivity index (χ3n) is 5.50. The maximum atomic E-state index is 12.3. The van der Waals surface area contributed by atoms with Gasteiger partial charge >= 0.3 is 5.97 Å². The first-order valence-electron chi connectivity index (χ1n) is 7.90. The van der Waals surface area contributed by atoms with E-state index in [1.807, 2.05) is 4.90 Å². The second-order valence-corrected chi connectivity index (χ2v) is 6.95. The lowest BCUT2D eigenvalue weighted by atomic mass is 9.88. The van der Waals surface area contributed by atoms with Gasteiger partial charge in [-0.3, -0.25) is 9.59 Å². The smallest absolute Gasteiger partial charge is 0.307 e. The molecular formula is C16H27NO3. The predicted molar refractivity (Wildman–Crippen MR) is 77.2 cm³/mol. The molecule has 1 heterocycles. The first-order chi connectivity index (χ1) is 9.39. The first-order valence-corrected chi connectivity index (χ1v) is 7.90. The number of rotatable bonds is 5. The van der Waals surface area contributed by atoms with Crippen molar-refractivity contribution in [1.82, 2.24) is 4.90 Å². The zero-order valence-electron chi connectivity index (χ0n) is 12.9. The van der Waals surface area contributed by atoms with Crippen LogP contribution in [0.3, 0.4) is 0 Å². The van der Waals surface area contributed by atoms with Crippen LogP contribution in [0.2, 0.25) is 0 Å². The van der Waals surface area contributed by atoms with Crippen LogP contribution < -0.4 is 0 Å². The molecule has 2 unspecified atom stereocenters. The summed E-state index contributed by atoms with van der Waals surface area (Å²) < 4.78 is 0. The van der Waals surface area contributed by atoms with Crippen molar-refractivity contribution in [3.05, 3.63) is 0 Å². The van der Waals surface area contributed by atoms with E-state index in [9.17, 15) is 9.59 Å². The molecule has 1 amide bonds. The van der Waals surface area contributed by atoms with E-state index in [-0.39, 0.29) is 17.2 Å². The zero-order valence-corrected chi connectivity index (χ0v) is 12.9. The maximum absolute atomic E-state index is 12.3. The summed E-state index contributed by atoms with van der Waals surface area (Å²) in [5.41, 5.74) is 0.0187. The molecule has 0 aromatic rings. The topological polar surface area (TPSA) is 57.6 Å². The lowest BCUT2D eigenvalue weighted by molar-refractivity contribution is -0.140. The molecule has 0 aromatic carbocycles. The van der Waals surface area contributed by atoms with Gasteiger partial charge in [0, 0.05) is 19.5 Å². The number of carboxylic acids is 1. The fraction of sp³-hybridized carbons (Fsp3) is 0.875. The minimum Gasteiger partial charge on any atom is -0.481 e. The molecule has 20 heavy (non-hydrogen) atoms. The van der Waals surface area contributed by atoms with Crippen LogP contribution in [0.4, 0.5) is 0 Å². The number of carbonyl (C=O) groups is 2. The first kappa shape index (κ1) is 15.3. The van der Waals surface area contributed by atoms with Crippen LogP contribution in [-0.4, -0.2) is 35.0 Å². The summed E-state index contributed by atoms with van der Waals surface area (Å²) in [4.78, 5) is 25.3. The van der Waals surface area contributed by atoms with Gasteiger partial charge in [-0.05, 0) is 36.5 Å². The predicted octanol–water partition coefficient (Wildman–Crippen LogP) is 2.77. The fourth-order valence-electron chi connectivity index (χ4n) is 3.66. The molecule has 4 heteroatoms. The van der Waals surface area contributed by atoms with Crippen LogP contribution in [0.15, 0.2) is 0 Å². The Hall–Kier alpha value is -1.06. The van der Waals surface area contributed by atoms with Crippen LogP contribution in [0.25, 0.3) is 0 Å². The monoisotopic (exact) mass is 281 g/mol. The van der Waals surface area contributed by atoms with Gasteiger partial charge in [0.05, 0.1) is 5.92 Å². The molecule has 0 aromatic heterocycles. The lowest BCUT2D eigenvalue weighted by Gasteiger charge is -2.34. The van der Waals surface area contributed by atoms with Crippen LogP contribution in [0, 0.1) is 23.2 Å². The van der Waals surface area contributed by atoms with E-state index < -0.39 is 5.97 Å². The Labute approximate surface area is 121 Å². The summed E-state index contributed by atoms with van der Waals surface area (Å²) in [7, 11) is 0. The minimum atomic E-state index is -0.657. The highest BCUT2D eigenvalue weighted by Crippen LogP contribution is 2.59. The molecule has 1 spiro atoms. The molecule has 2 fully saturated rings. The minimum absolute atomic E-state index is 0.0187. The van der Waals surface area contributed by atoms with Crippen LogP contribution in [0.5, 0.6) is 0 Å². The molecule has 2 rings (SSSR count). The van der Waals surface area contributed by atoms with Gasteiger partial charge < -0.3 is 10.0 Å². The van der Waals surface area contributed by atoms with E-state index in [4.69, 9.17) is 5.11 Å². The van der Waals surface area contributed by atoms with Crippen LogP contribution in [-0.2, 0) is 9.59 Å². The Kier molecular flexibility index (Phi) is 4.40. The van der Waals surface area contributed by atoms with E-state index in [0.717, 1.165) is 38.8 Å². The molecule has 1 N–H and O–H groups in total. The molecule has 2 aliphatic rings. The summed E-state index contributed by atoms with van der Waals surface area (Å²) in [6, 6.07) is 0. The average Bonchev–Trinajstić information content (AvgIpc) is 3.10. The number of likely N-dealkylation sites (tertiary alicyclic amines) is 1. The maximum Gasteiger partial charge on any atom is 0.307 e. The Morgan fingerprint density at radius 1 is 1.30 bits per heavy atom. The Morgan fingerprint density at radius 3 is 2.30 bits per heavy atom. The summed E-state index contributed by atoms with van der Waals surface area (Å²) in [6.07, 6.45) is 4.24. The Bertz CT molecular complexity index is 383. The number of aliphatic carboxylic acids is 1. The van der Waals surface area contributed by atoms with E-state index in [0.29, 0.717) is 18.3 Å². The largest absolute Gasteiger partial charge is 0.481 e. The number of hydrogen-bond acceptors (Lipinski definition) is 2. The van der Waals surface area contributed by atoms with Crippen molar-refractivity contribution in [3.8, 4) is 0 Å². The van der Waals surface area contributed by atoms with Crippen molar-refractivity contribution in [1.29, 1.82) is 0 Å². The van der Waals surface area contributed by atoms with Crippen molar-refractivity contribution in [2.24, 2.45) is 23.2 Å². The highest BCUT2D eigenvalue weighted by atomic mass is 16.4. The van der Waals surface area contributed by atoms with Crippen molar-refractivity contribution in [2.45, 2.75) is 52.9 Å². The fourth-order valence-corrected chi connectivity index (χ4v) is 3.66. The number of nitrogens with zero attached hydrogens (tertiary/aromatic N) is 1. The highest BCUT2D eigenvalue weighted by Gasteiger charge is 2.59. The second-order valence-electron chi connectivity index (χ2n) is 6.95. The number of amides is 1. The van der Waals surface area contributed by atoms with Gasteiger partial charge in [-0.2, -0.15) is 0 Å². The molecule has 114 valence electrons. The molecule has 4 nitrogen and oxygen atoms in total. The van der Waals surface area contributed by atoms with E-state index >= 15 is 0 Å². The molecule has 0 radical (unpaired) electrons. The highest BCUT2D eigenvalue weighted by molar-refractivity contribution is 5.77. The van der Waals surface area contributed by atoms with Crippen molar-refractivity contribution in [3.63, 3.8) is 0 Å². The molecule has 1 saturated heterocycles. The van der Waals surface area contributed by atoms with Gasteiger partial charge in [0.1, 0.15) is 0 Å². The molecule has 1 aliphatic carbocycles. The third-order valence-corrected chi connectivity index (χ3v) is 5.50. The van der Waals surface area contributed by atoms with E-state index in [2.05, 4.69) is 20.8 Å². The van der Waals surface area contributed by atoms with Gasteiger partial charge in [-0.15, -0.1) is 0 Å². The number of carboxylic acid groups (broad SMARTS) is 1. The summed E-state index contributed by atoms with van der Waals surface area (Å²) in [5.74, 6) is 0.452. The van der Waals surface area contributed by atoms with Crippen LogP contribution in [0.1, 0.15) is 52.9 Å². The van der Waals surface area contributed by atoms with Crippen molar-refractivity contribution in [2.75, 3.05) is 13.1 Å². The van der Waals surface area contributed by atoms with Crippen LogP contribution >= 0.6 is 0 Å². The zero-order chi connectivity index (χ0) is 14.9. The number of carbonyl (C=O) groups excluding carboxylic acids is 1. The summed E-state index contributed by atoms with van der Waals surface area (Å²) in [5, 5.41) is 9.08. The number of hydrogen-bond donors (Lipinski definition) is 1. The van der Waals surface area contributed by atoms with Crippen molar-refractivity contribution >= 4 is 11.9 Å². The molecule has 1 aliphatic heterocycles. The molecular weight excluding hydrogens is 254 g/mol. The summed E-state index contributed by atoms with van der Waals surface area (Å²) in [6.45, 7) is 7.99. The van der Waals surface area contributed by atoms with E-state index in [1.54, 1.807) is 0 Å². The summed E-state index contributed by atoms with van der Waals surface area (Å²) >= 11 is 0. The third kappa shape index (κ3) is 2.99. The van der Waals surface area contributed by atoms with Gasteiger partial charge in [-0.25, -0.2) is 0 Å². The molecule has 2 atom stereocenters. The SMILES string of the molecule is CCC(CC(=O)N1CCC2(CC1)CC2C(=O)O)C(C)C. The molecule has 1 saturated carbocycles.